The molecule has 0 aliphatic heterocycles. The van der Waals surface area contributed by atoms with Crippen LogP contribution in [0.2, 0.25) is 0 Å². The van der Waals surface area contributed by atoms with Crippen LogP contribution in [0.25, 0.3) is 0 Å². The molecule has 1 aromatic rings. The molecule has 0 aromatic carbocycles. The normalized spacial score (nSPS) is 40.4. The number of hydrogen-bond acceptors (Lipinski definition) is 2. The zero-order valence-corrected chi connectivity index (χ0v) is 12.6. The summed E-state index contributed by atoms with van der Waals surface area (Å²) in [6, 6.07) is 5.06. The highest BCUT2D eigenvalue weighted by atomic mass is 15.0. The van der Waals surface area contributed by atoms with Crippen LogP contribution in [0.1, 0.15) is 44.6 Å². The molecule has 3 aliphatic rings. The number of rotatable bonds is 5. The number of nitrogens with zero attached hydrogens (tertiary/aromatic N) is 1. The molecule has 1 N–H and O–H groups in total. The Hall–Kier alpha value is -0.890. The van der Waals surface area contributed by atoms with Crippen molar-refractivity contribution < 1.29 is 0 Å². The van der Waals surface area contributed by atoms with Crippen molar-refractivity contribution in [1.82, 2.24) is 10.3 Å². The maximum Gasteiger partial charge on any atom is 0.0270 e. The van der Waals surface area contributed by atoms with Crippen LogP contribution in [0.3, 0.4) is 0 Å². The lowest BCUT2D eigenvalue weighted by atomic mass is 9.86. The average Bonchev–Trinajstić information content (AvgIpc) is 2.90. The molecule has 3 saturated carbocycles. The van der Waals surface area contributed by atoms with Crippen molar-refractivity contribution in [3.63, 3.8) is 0 Å². The predicted molar refractivity (Wildman–Crippen MR) is 81.4 cm³/mol. The first-order valence-electron chi connectivity index (χ1n) is 8.44. The highest BCUT2D eigenvalue weighted by Crippen LogP contribution is 2.71. The van der Waals surface area contributed by atoms with Crippen LogP contribution in [0.4, 0.5) is 0 Å². The first kappa shape index (κ1) is 12.8. The average molecular weight is 270 g/mol. The van der Waals surface area contributed by atoms with Crippen LogP contribution in [0, 0.1) is 29.6 Å². The number of aromatic nitrogens is 1. The first-order valence-corrected chi connectivity index (χ1v) is 8.44. The molecule has 1 heterocycles. The molecule has 1 aromatic heterocycles. The minimum Gasteiger partial charge on any atom is -0.313 e. The van der Waals surface area contributed by atoms with E-state index in [4.69, 9.17) is 0 Å². The van der Waals surface area contributed by atoms with Gasteiger partial charge in [0.15, 0.2) is 0 Å². The smallest absolute Gasteiger partial charge is 0.0270 e. The number of hydrogen-bond donors (Lipinski definition) is 1. The van der Waals surface area contributed by atoms with Gasteiger partial charge in [0.25, 0.3) is 0 Å². The maximum absolute atomic E-state index is 4.16. The van der Waals surface area contributed by atoms with Gasteiger partial charge in [-0.2, -0.15) is 0 Å². The highest BCUT2D eigenvalue weighted by Gasteiger charge is 2.66. The predicted octanol–water partition coefficient (Wildman–Crippen LogP) is 3.46. The van der Waals surface area contributed by atoms with Gasteiger partial charge < -0.3 is 5.32 Å². The molecule has 4 rings (SSSR count). The summed E-state index contributed by atoms with van der Waals surface area (Å²) in [5.41, 5.74) is 1.45. The Kier molecular flexibility index (Phi) is 3.10. The van der Waals surface area contributed by atoms with Gasteiger partial charge >= 0.3 is 0 Å². The third-order valence-corrected chi connectivity index (χ3v) is 6.42. The van der Waals surface area contributed by atoms with Gasteiger partial charge in [-0.05, 0) is 79.0 Å². The summed E-state index contributed by atoms with van der Waals surface area (Å²) in [5, 5.41) is 3.82. The molecule has 3 fully saturated rings. The van der Waals surface area contributed by atoms with Crippen LogP contribution in [-0.2, 0) is 0 Å². The zero-order chi connectivity index (χ0) is 13.7. The molecule has 0 amide bonds. The molecule has 6 unspecified atom stereocenters. The third kappa shape index (κ3) is 1.84. The van der Waals surface area contributed by atoms with Crippen LogP contribution in [0.5, 0.6) is 0 Å². The van der Waals surface area contributed by atoms with Gasteiger partial charge in [0.2, 0.25) is 0 Å². The maximum atomic E-state index is 4.16. The molecular formula is C18H26N2. The fourth-order valence-corrected chi connectivity index (χ4v) is 5.63. The van der Waals surface area contributed by atoms with Crippen molar-refractivity contribution >= 4 is 0 Å². The van der Waals surface area contributed by atoms with Crippen LogP contribution >= 0.6 is 0 Å². The number of fused-ring (bicyclic) bond motifs is 5. The zero-order valence-electron chi connectivity index (χ0n) is 12.6. The van der Waals surface area contributed by atoms with Crippen LogP contribution < -0.4 is 5.32 Å². The van der Waals surface area contributed by atoms with Crippen molar-refractivity contribution in [3.8, 4) is 0 Å². The Morgan fingerprint density at radius 1 is 1.20 bits per heavy atom. The van der Waals surface area contributed by atoms with E-state index in [1.54, 1.807) is 6.42 Å². The van der Waals surface area contributed by atoms with Gasteiger partial charge in [-0.1, -0.05) is 13.8 Å². The second-order valence-corrected chi connectivity index (χ2v) is 7.22. The molecule has 6 atom stereocenters. The van der Waals surface area contributed by atoms with Gasteiger partial charge in [-0.15, -0.1) is 0 Å². The van der Waals surface area contributed by atoms with Crippen LogP contribution in [-0.4, -0.2) is 17.6 Å². The van der Waals surface area contributed by atoms with E-state index in [0.717, 1.165) is 36.1 Å². The SMILES string of the molecule is CCNC(C(C)c1ccncc1)C1C2C3CCC(C3)C21. The quantitative estimate of drug-likeness (QED) is 0.886. The molecule has 108 valence electrons. The summed E-state index contributed by atoms with van der Waals surface area (Å²) in [4.78, 5) is 4.16. The topological polar surface area (TPSA) is 24.9 Å². The van der Waals surface area contributed by atoms with Crippen molar-refractivity contribution in [2.75, 3.05) is 6.54 Å². The molecule has 0 saturated heterocycles. The Bertz CT molecular complexity index is 456. The van der Waals surface area contributed by atoms with Gasteiger partial charge in [0, 0.05) is 18.4 Å². The Morgan fingerprint density at radius 3 is 2.45 bits per heavy atom. The minimum absolute atomic E-state index is 0.605. The number of nitrogens with one attached hydrogen (secondary N) is 1. The lowest BCUT2D eigenvalue weighted by Crippen LogP contribution is -2.37. The Labute approximate surface area is 122 Å². The summed E-state index contributed by atoms with van der Waals surface area (Å²) in [6.07, 6.45) is 8.46. The molecular weight excluding hydrogens is 244 g/mol. The molecule has 2 bridgehead atoms. The summed E-state index contributed by atoms with van der Waals surface area (Å²) in [7, 11) is 0. The number of likely N-dealkylation sites (N-methyl/N-ethyl adjacent to an activating group) is 1. The van der Waals surface area contributed by atoms with E-state index < -0.39 is 0 Å². The Balaban J connectivity index is 1.54. The van der Waals surface area contributed by atoms with E-state index in [2.05, 4.69) is 36.3 Å². The molecule has 0 radical (unpaired) electrons. The van der Waals surface area contributed by atoms with E-state index >= 15 is 0 Å². The van der Waals surface area contributed by atoms with Gasteiger partial charge in [-0.3, -0.25) is 4.98 Å². The van der Waals surface area contributed by atoms with E-state index in [1.807, 2.05) is 12.4 Å². The molecule has 0 spiro atoms. The van der Waals surface area contributed by atoms with Gasteiger partial charge in [0.1, 0.15) is 0 Å². The molecule has 20 heavy (non-hydrogen) atoms. The fourth-order valence-electron chi connectivity index (χ4n) is 5.63. The fraction of sp³-hybridized carbons (Fsp3) is 0.722. The van der Waals surface area contributed by atoms with Gasteiger partial charge in [-0.25, -0.2) is 0 Å². The van der Waals surface area contributed by atoms with Crippen molar-refractivity contribution in [2.24, 2.45) is 29.6 Å². The minimum atomic E-state index is 0.605. The third-order valence-electron chi connectivity index (χ3n) is 6.42. The largest absolute Gasteiger partial charge is 0.313 e. The summed E-state index contributed by atoms with van der Waals surface area (Å²) in [6.45, 7) is 5.74. The summed E-state index contributed by atoms with van der Waals surface area (Å²) < 4.78 is 0. The first-order chi connectivity index (χ1) is 9.81. The summed E-state index contributed by atoms with van der Waals surface area (Å²) >= 11 is 0. The number of pyridine rings is 1. The van der Waals surface area contributed by atoms with Gasteiger partial charge in [0.05, 0.1) is 0 Å². The van der Waals surface area contributed by atoms with Crippen LogP contribution in [0.15, 0.2) is 24.5 Å². The van der Waals surface area contributed by atoms with Crippen molar-refractivity contribution in [3.05, 3.63) is 30.1 Å². The standard InChI is InChI=1S/C18H26N2/c1-3-20-18(11(2)12-6-8-19-9-7-12)17-15-13-4-5-14(10-13)16(15)17/h6-9,11,13-18,20H,3-5,10H2,1-2H3. The van der Waals surface area contributed by atoms with E-state index in [0.29, 0.717) is 12.0 Å². The lowest BCUT2D eigenvalue weighted by Gasteiger charge is -2.28. The van der Waals surface area contributed by atoms with E-state index in [9.17, 15) is 0 Å². The second-order valence-electron chi connectivity index (χ2n) is 7.22. The summed E-state index contributed by atoms with van der Waals surface area (Å²) in [5.74, 6) is 5.81. The van der Waals surface area contributed by atoms with Crippen molar-refractivity contribution in [2.45, 2.75) is 45.1 Å². The molecule has 2 nitrogen and oxygen atoms in total. The monoisotopic (exact) mass is 270 g/mol. The second kappa shape index (κ2) is 4.84. The van der Waals surface area contributed by atoms with E-state index in [1.165, 1.54) is 18.4 Å². The van der Waals surface area contributed by atoms with E-state index in [-0.39, 0.29) is 0 Å². The highest BCUT2D eigenvalue weighted by molar-refractivity contribution is 5.23. The molecule has 3 aliphatic carbocycles. The molecule has 2 heteroatoms. The Morgan fingerprint density at radius 2 is 1.85 bits per heavy atom. The lowest BCUT2D eigenvalue weighted by molar-refractivity contribution is 0.335. The van der Waals surface area contributed by atoms with Crippen molar-refractivity contribution in [1.29, 1.82) is 0 Å².